The van der Waals surface area contributed by atoms with E-state index in [-0.39, 0.29) is 17.6 Å². The summed E-state index contributed by atoms with van der Waals surface area (Å²) in [6.45, 7) is 6.56. The van der Waals surface area contributed by atoms with Crippen molar-refractivity contribution in [3.63, 3.8) is 0 Å². The van der Waals surface area contributed by atoms with Crippen molar-refractivity contribution < 1.29 is 23.8 Å². The van der Waals surface area contributed by atoms with Crippen molar-refractivity contribution in [1.29, 1.82) is 0 Å². The van der Waals surface area contributed by atoms with Gasteiger partial charge in [-0.1, -0.05) is 74.5 Å². The van der Waals surface area contributed by atoms with Gasteiger partial charge in [0.2, 0.25) is 0 Å². The Hall–Kier alpha value is -4.32. The molecule has 0 amide bonds. The van der Waals surface area contributed by atoms with E-state index in [1.165, 1.54) is 0 Å². The normalized spacial score (nSPS) is 18.6. The van der Waals surface area contributed by atoms with Crippen molar-refractivity contribution in [1.82, 2.24) is 5.32 Å². The summed E-state index contributed by atoms with van der Waals surface area (Å²) in [6, 6.07) is 25.5. The molecule has 0 saturated heterocycles. The highest BCUT2D eigenvalue weighted by molar-refractivity contribution is 6.04. The lowest BCUT2D eigenvalue weighted by atomic mass is 9.71. The van der Waals surface area contributed by atoms with Gasteiger partial charge in [-0.15, -0.1) is 0 Å². The molecular weight excluding hydrogens is 514 g/mol. The number of Topliss-reactive ketones (excluding diaryl/α,β-unsaturated/α-hetero) is 1. The lowest BCUT2D eigenvalue weighted by Gasteiger charge is -2.37. The number of rotatable bonds is 9. The third-order valence-electron chi connectivity index (χ3n) is 7.65. The molecular formula is C35H37NO5. The first-order valence-electron chi connectivity index (χ1n) is 14.2. The van der Waals surface area contributed by atoms with Crippen molar-refractivity contribution >= 4 is 11.8 Å². The summed E-state index contributed by atoms with van der Waals surface area (Å²) >= 11 is 0. The Morgan fingerprint density at radius 2 is 1.66 bits per heavy atom. The highest BCUT2D eigenvalue weighted by Crippen LogP contribution is 2.48. The molecule has 3 aromatic carbocycles. The third-order valence-corrected chi connectivity index (χ3v) is 7.65. The number of methoxy groups -OCH3 is 1. The number of allylic oxidation sites excluding steroid dienone is 3. The molecule has 0 radical (unpaired) electrons. The molecule has 6 heteroatoms. The van der Waals surface area contributed by atoms with E-state index in [0.29, 0.717) is 48.6 Å². The molecule has 1 aliphatic carbocycles. The molecule has 0 fully saturated rings. The first-order valence-corrected chi connectivity index (χ1v) is 14.2. The Labute approximate surface area is 242 Å². The lowest BCUT2D eigenvalue weighted by molar-refractivity contribution is -0.140. The van der Waals surface area contributed by atoms with E-state index >= 15 is 0 Å². The number of hydrogen-bond acceptors (Lipinski definition) is 6. The van der Waals surface area contributed by atoms with Gasteiger partial charge >= 0.3 is 5.97 Å². The molecule has 1 N–H and O–H groups in total. The van der Waals surface area contributed by atoms with Gasteiger partial charge in [0.15, 0.2) is 5.78 Å². The zero-order valence-electron chi connectivity index (χ0n) is 24.1. The average molecular weight is 552 g/mol. The van der Waals surface area contributed by atoms with Crippen LogP contribution >= 0.6 is 0 Å². The van der Waals surface area contributed by atoms with Crippen LogP contribution in [0.5, 0.6) is 11.5 Å². The second-order valence-electron chi connectivity index (χ2n) is 11.1. The summed E-state index contributed by atoms with van der Waals surface area (Å²) in [5.74, 6) is 0.638. The van der Waals surface area contributed by atoms with Crippen LogP contribution in [0.25, 0.3) is 0 Å². The number of hydrogen-bond donors (Lipinski definition) is 1. The molecule has 6 nitrogen and oxygen atoms in total. The van der Waals surface area contributed by atoms with Gasteiger partial charge in [-0.25, -0.2) is 4.79 Å². The van der Waals surface area contributed by atoms with Gasteiger partial charge < -0.3 is 19.5 Å². The van der Waals surface area contributed by atoms with Gasteiger partial charge in [-0.05, 0) is 54.5 Å². The van der Waals surface area contributed by atoms with Crippen LogP contribution in [0.1, 0.15) is 62.1 Å². The van der Waals surface area contributed by atoms with Crippen molar-refractivity contribution in [2.75, 3.05) is 13.7 Å². The Kier molecular flexibility index (Phi) is 8.58. The van der Waals surface area contributed by atoms with E-state index < -0.39 is 11.9 Å². The van der Waals surface area contributed by atoms with E-state index in [4.69, 9.17) is 14.2 Å². The van der Waals surface area contributed by atoms with Crippen molar-refractivity contribution in [3.05, 3.63) is 118 Å². The summed E-state index contributed by atoms with van der Waals surface area (Å²) in [6.07, 6.45) is 1.01. The summed E-state index contributed by atoms with van der Waals surface area (Å²) in [4.78, 5) is 27.6. The Morgan fingerprint density at radius 3 is 2.37 bits per heavy atom. The van der Waals surface area contributed by atoms with Gasteiger partial charge in [0.1, 0.15) is 18.1 Å². The predicted octanol–water partition coefficient (Wildman–Crippen LogP) is 6.84. The monoisotopic (exact) mass is 551 g/mol. The molecule has 1 heterocycles. The molecule has 212 valence electrons. The van der Waals surface area contributed by atoms with Gasteiger partial charge in [0.05, 0.1) is 25.2 Å². The fourth-order valence-corrected chi connectivity index (χ4v) is 5.64. The number of carbonyl (C=O) groups is 2. The average Bonchev–Trinajstić information content (AvgIpc) is 2.98. The van der Waals surface area contributed by atoms with Crippen LogP contribution in [0.3, 0.4) is 0 Å². The smallest absolute Gasteiger partial charge is 0.336 e. The van der Waals surface area contributed by atoms with E-state index in [9.17, 15) is 9.59 Å². The second kappa shape index (κ2) is 12.5. The minimum absolute atomic E-state index is 0.0177. The maximum atomic E-state index is 14.0. The van der Waals surface area contributed by atoms with Crippen LogP contribution in [0, 0.1) is 5.92 Å². The Morgan fingerprint density at radius 1 is 0.951 bits per heavy atom. The van der Waals surface area contributed by atoms with Crippen LogP contribution in [0.15, 0.2) is 101 Å². The zero-order chi connectivity index (χ0) is 28.9. The molecule has 2 aliphatic rings. The molecule has 0 aromatic heterocycles. The largest absolute Gasteiger partial charge is 0.497 e. The number of nitrogens with one attached hydrogen (secondary N) is 1. The van der Waals surface area contributed by atoms with Crippen LogP contribution in [0.4, 0.5) is 0 Å². The van der Waals surface area contributed by atoms with Crippen LogP contribution in [-0.2, 0) is 20.9 Å². The number of dihydropyridines is 1. The summed E-state index contributed by atoms with van der Waals surface area (Å²) < 4.78 is 17.4. The van der Waals surface area contributed by atoms with Crippen molar-refractivity contribution in [3.8, 4) is 11.5 Å². The third kappa shape index (κ3) is 6.22. The highest BCUT2D eigenvalue weighted by Gasteiger charge is 2.42. The van der Waals surface area contributed by atoms with E-state index in [0.717, 1.165) is 28.1 Å². The molecule has 5 rings (SSSR count). The number of benzene rings is 3. The van der Waals surface area contributed by atoms with Gasteiger partial charge in [0.25, 0.3) is 0 Å². The minimum Gasteiger partial charge on any atom is -0.497 e. The molecule has 0 spiro atoms. The molecule has 0 unspecified atom stereocenters. The first kappa shape index (κ1) is 28.2. The molecule has 0 saturated carbocycles. The number of carbonyl (C=O) groups excluding carboxylic acids is 2. The van der Waals surface area contributed by atoms with Gasteiger partial charge in [-0.3, -0.25) is 4.79 Å². The SMILES string of the molecule is COc1ccc([C@H]2CC(=O)C3=C(C2)NC(C)=C(C(=O)OCC(C)C)[C@@H]3c2ccccc2OCc2ccccc2)cc1. The van der Waals surface area contributed by atoms with Crippen molar-refractivity contribution in [2.45, 2.75) is 52.1 Å². The number of para-hydroxylation sites is 1. The van der Waals surface area contributed by atoms with Gasteiger partial charge in [0, 0.05) is 29.0 Å². The quantitative estimate of drug-likeness (QED) is 0.294. The summed E-state index contributed by atoms with van der Waals surface area (Å²) in [7, 11) is 1.64. The maximum Gasteiger partial charge on any atom is 0.336 e. The summed E-state index contributed by atoms with van der Waals surface area (Å²) in [5, 5.41) is 3.44. The maximum absolute atomic E-state index is 14.0. The van der Waals surface area contributed by atoms with Crippen molar-refractivity contribution in [2.24, 2.45) is 5.92 Å². The minimum atomic E-state index is -0.595. The highest BCUT2D eigenvalue weighted by atomic mass is 16.5. The van der Waals surface area contributed by atoms with Crippen LogP contribution in [-0.4, -0.2) is 25.5 Å². The standard InChI is InChI=1S/C35H37NO5/c1-22(2)20-41-35(38)32-23(3)36-29-18-26(25-14-16-27(39-4)17-15-25)19-30(37)34(29)33(32)28-12-8-9-13-31(28)40-21-24-10-6-5-7-11-24/h5-17,22,26,33,36H,18-21H2,1-4H3/t26-,33+/m1/s1. The Balaban J connectivity index is 1.55. The first-order chi connectivity index (χ1) is 19.9. The molecule has 0 bridgehead atoms. The lowest BCUT2D eigenvalue weighted by Crippen LogP contribution is -2.36. The number of esters is 1. The Bertz CT molecular complexity index is 1470. The van der Waals surface area contributed by atoms with E-state index in [1.54, 1.807) is 7.11 Å². The predicted molar refractivity (Wildman–Crippen MR) is 159 cm³/mol. The summed E-state index contributed by atoms with van der Waals surface area (Å²) in [5.41, 5.74) is 5.52. The second-order valence-corrected chi connectivity index (χ2v) is 11.1. The molecule has 3 aromatic rings. The molecule has 2 atom stereocenters. The fourth-order valence-electron chi connectivity index (χ4n) is 5.64. The van der Waals surface area contributed by atoms with Crippen LogP contribution < -0.4 is 14.8 Å². The topological polar surface area (TPSA) is 73.9 Å². The van der Waals surface area contributed by atoms with E-state index in [1.807, 2.05) is 99.6 Å². The van der Waals surface area contributed by atoms with Crippen LogP contribution in [0.2, 0.25) is 0 Å². The molecule has 1 aliphatic heterocycles. The number of ether oxygens (including phenoxy) is 3. The van der Waals surface area contributed by atoms with Gasteiger partial charge in [-0.2, -0.15) is 0 Å². The molecule has 41 heavy (non-hydrogen) atoms. The number of ketones is 1. The fraction of sp³-hybridized carbons (Fsp3) is 0.314. The zero-order valence-corrected chi connectivity index (χ0v) is 24.1. The van der Waals surface area contributed by atoms with E-state index in [2.05, 4.69) is 5.32 Å².